The number of carboxylic acid groups (broad SMARTS) is 1. The fourth-order valence-electron chi connectivity index (χ4n) is 2.09. The third kappa shape index (κ3) is 11.1. The van der Waals surface area contributed by atoms with Gasteiger partial charge in [0.25, 0.3) is 0 Å². The highest BCUT2D eigenvalue weighted by Gasteiger charge is 2.37. The Morgan fingerprint density at radius 2 is 1.22 bits per heavy atom. The molecule has 0 aromatic carbocycles. The van der Waals surface area contributed by atoms with Crippen molar-refractivity contribution in [2.75, 3.05) is 33.0 Å². The molecular formula is C20H30N2O10. The van der Waals surface area contributed by atoms with E-state index in [1.165, 1.54) is 13.8 Å². The molecule has 180 valence electrons. The quantitative estimate of drug-likeness (QED) is 0.167. The average molecular weight is 458 g/mol. The summed E-state index contributed by atoms with van der Waals surface area (Å²) in [4.78, 5) is 59.5. The van der Waals surface area contributed by atoms with Crippen molar-refractivity contribution in [3.8, 4) is 0 Å². The van der Waals surface area contributed by atoms with Gasteiger partial charge in [-0.05, 0) is 39.7 Å². The van der Waals surface area contributed by atoms with Gasteiger partial charge in [-0.2, -0.15) is 4.90 Å². The molecule has 32 heavy (non-hydrogen) atoms. The number of hydrogen-bond acceptors (Lipinski definition) is 10. The molecule has 0 aliphatic carbocycles. The summed E-state index contributed by atoms with van der Waals surface area (Å²) in [6, 6.07) is -1.59. The van der Waals surface area contributed by atoms with E-state index in [1.807, 2.05) is 0 Å². The first-order chi connectivity index (χ1) is 15.0. The molecule has 0 aliphatic heterocycles. The summed E-state index contributed by atoms with van der Waals surface area (Å²) in [5.41, 5.74) is 5.68. The number of ether oxygens (including phenoxy) is 4. The SMILES string of the molecule is C=C(C)C(=O)OCCOC(=O)N(C(=O)OCCOC(=O)C(=C)C)[C@@H](CCCCN)C(=O)O. The second-order valence-corrected chi connectivity index (χ2v) is 6.57. The Morgan fingerprint density at radius 1 is 0.812 bits per heavy atom. The van der Waals surface area contributed by atoms with Gasteiger partial charge in [-0.1, -0.05) is 13.2 Å². The lowest BCUT2D eigenvalue weighted by molar-refractivity contribution is -0.142. The zero-order valence-electron chi connectivity index (χ0n) is 18.3. The van der Waals surface area contributed by atoms with Gasteiger partial charge >= 0.3 is 30.1 Å². The largest absolute Gasteiger partial charge is 0.480 e. The van der Waals surface area contributed by atoms with Crippen molar-refractivity contribution < 1.29 is 48.0 Å². The maximum absolute atomic E-state index is 12.4. The van der Waals surface area contributed by atoms with Crippen LogP contribution in [0.4, 0.5) is 9.59 Å². The predicted octanol–water partition coefficient (Wildman–Crippen LogP) is 1.38. The molecule has 0 bridgehead atoms. The minimum Gasteiger partial charge on any atom is -0.480 e. The number of amides is 2. The topological polar surface area (TPSA) is 172 Å². The zero-order valence-corrected chi connectivity index (χ0v) is 18.3. The number of imide groups is 1. The number of esters is 2. The van der Waals surface area contributed by atoms with E-state index in [0.717, 1.165) is 0 Å². The summed E-state index contributed by atoms with van der Waals surface area (Å²) < 4.78 is 19.3. The van der Waals surface area contributed by atoms with E-state index in [1.54, 1.807) is 0 Å². The standard InChI is InChI=1S/C20H30N2O10/c1-13(2)17(25)29-9-11-31-19(27)22(15(16(23)24)7-5-6-8-21)20(28)32-12-10-30-18(26)14(3)4/h15H,1,3,5-12,21H2,2,4H3,(H,23,24)/t15-/m0/s1. The third-order valence-corrected chi connectivity index (χ3v) is 3.70. The lowest BCUT2D eigenvalue weighted by Crippen LogP contribution is -2.49. The highest BCUT2D eigenvalue weighted by molar-refractivity contribution is 5.93. The number of aliphatic carboxylic acids is 1. The van der Waals surface area contributed by atoms with Gasteiger partial charge in [0.1, 0.15) is 32.5 Å². The highest BCUT2D eigenvalue weighted by atomic mass is 16.6. The molecule has 0 fully saturated rings. The van der Waals surface area contributed by atoms with Crippen LogP contribution < -0.4 is 5.73 Å². The summed E-state index contributed by atoms with van der Waals surface area (Å²) >= 11 is 0. The molecular weight excluding hydrogens is 428 g/mol. The first-order valence-electron chi connectivity index (χ1n) is 9.73. The highest BCUT2D eigenvalue weighted by Crippen LogP contribution is 2.13. The normalized spacial score (nSPS) is 11.0. The van der Waals surface area contributed by atoms with E-state index in [0.29, 0.717) is 24.3 Å². The van der Waals surface area contributed by atoms with Crippen LogP contribution in [0, 0.1) is 0 Å². The van der Waals surface area contributed by atoms with Crippen molar-refractivity contribution in [2.45, 2.75) is 39.2 Å². The zero-order chi connectivity index (χ0) is 24.7. The molecule has 12 nitrogen and oxygen atoms in total. The number of unbranched alkanes of at least 4 members (excludes halogenated alkanes) is 1. The van der Waals surface area contributed by atoms with Crippen LogP contribution in [0.2, 0.25) is 0 Å². The van der Waals surface area contributed by atoms with E-state index in [-0.39, 0.29) is 30.8 Å². The number of carbonyl (C=O) groups is 5. The second kappa shape index (κ2) is 15.4. The Labute approximate surface area is 185 Å². The number of hydrogen-bond donors (Lipinski definition) is 2. The van der Waals surface area contributed by atoms with E-state index < -0.39 is 49.4 Å². The van der Waals surface area contributed by atoms with E-state index in [2.05, 4.69) is 13.2 Å². The summed E-state index contributed by atoms with van der Waals surface area (Å²) in [6.45, 7) is 8.40. The van der Waals surface area contributed by atoms with Gasteiger partial charge in [-0.3, -0.25) is 0 Å². The van der Waals surface area contributed by atoms with Gasteiger partial charge in [0.15, 0.2) is 0 Å². The van der Waals surface area contributed by atoms with Gasteiger partial charge < -0.3 is 29.8 Å². The minimum atomic E-state index is -1.59. The maximum atomic E-state index is 12.4. The Bertz CT molecular complexity index is 673. The molecule has 0 radical (unpaired) electrons. The van der Waals surface area contributed by atoms with Gasteiger partial charge in [-0.15, -0.1) is 0 Å². The lowest BCUT2D eigenvalue weighted by Gasteiger charge is -2.25. The summed E-state index contributed by atoms with van der Waals surface area (Å²) in [6.07, 6.45) is -1.92. The molecule has 0 saturated heterocycles. The Morgan fingerprint density at radius 3 is 1.56 bits per heavy atom. The summed E-state index contributed by atoms with van der Waals surface area (Å²) in [5.74, 6) is -2.86. The Balaban J connectivity index is 5.12. The first kappa shape index (κ1) is 28.6. The van der Waals surface area contributed by atoms with Crippen molar-refractivity contribution in [3.63, 3.8) is 0 Å². The number of nitrogens with two attached hydrogens (primary N) is 1. The average Bonchev–Trinajstić information content (AvgIpc) is 2.72. The third-order valence-electron chi connectivity index (χ3n) is 3.70. The van der Waals surface area contributed by atoms with Crippen molar-refractivity contribution in [2.24, 2.45) is 5.73 Å². The van der Waals surface area contributed by atoms with Crippen molar-refractivity contribution in [3.05, 3.63) is 24.3 Å². The van der Waals surface area contributed by atoms with Crippen LogP contribution in [0.5, 0.6) is 0 Å². The smallest absolute Gasteiger partial charge is 0.420 e. The molecule has 0 spiro atoms. The fourth-order valence-corrected chi connectivity index (χ4v) is 2.09. The van der Waals surface area contributed by atoms with Gasteiger partial charge in [0.2, 0.25) is 0 Å². The van der Waals surface area contributed by atoms with Crippen molar-refractivity contribution >= 4 is 30.1 Å². The molecule has 0 aromatic heterocycles. The van der Waals surface area contributed by atoms with Crippen LogP contribution >= 0.6 is 0 Å². The minimum absolute atomic E-state index is 0.0912. The van der Waals surface area contributed by atoms with Crippen LogP contribution in [0.1, 0.15) is 33.1 Å². The van der Waals surface area contributed by atoms with E-state index in [4.69, 9.17) is 24.7 Å². The molecule has 0 saturated carbocycles. The molecule has 0 heterocycles. The molecule has 0 rings (SSSR count). The Kier molecular flexibility index (Phi) is 13.8. The Hall–Kier alpha value is -3.41. The van der Waals surface area contributed by atoms with Crippen molar-refractivity contribution in [1.29, 1.82) is 0 Å². The number of carboxylic acids is 1. The maximum Gasteiger partial charge on any atom is 0.420 e. The van der Waals surface area contributed by atoms with E-state index >= 15 is 0 Å². The molecule has 12 heteroatoms. The molecule has 3 N–H and O–H groups in total. The second-order valence-electron chi connectivity index (χ2n) is 6.57. The van der Waals surface area contributed by atoms with Crippen LogP contribution in [0.15, 0.2) is 24.3 Å². The monoisotopic (exact) mass is 458 g/mol. The molecule has 1 atom stereocenters. The molecule has 0 unspecified atom stereocenters. The van der Waals surface area contributed by atoms with Crippen LogP contribution in [-0.4, -0.2) is 79.1 Å². The molecule has 2 amide bonds. The van der Waals surface area contributed by atoms with E-state index in [9.17, 15) is 29.1 Å². The predicted molar refractivity (Wildman–Crippen MR) is 110 cm³/mol. The van der Waals surface area contributed by atoms with Crippen LogP contribution in [-0.2, 0) is 33.3 Å². The number of rotatable bonds is 14. The first-order valence-corrected chi connectivity index (χ1v) is 9.73. The van der Waals surface area contributed by atoms with Gasteiger partial charge in [-0.25, -0.2) is 24.0 Å². The lowest BCUT2D eigenvalue weighted by atomic mass is 10.1. The summed E-state index contributed by atoms with van der Waals surface area (Å²) in [7, 11) is 0. The molecule has 0 aromatic rings. The number of carbonyl (C=O) groups excluding carboxylic acids is 4. The van der Waals surface area contributed by atoms with Crippen molar-refractivity contribution in [1.82, 2.24) is 4.90 Å². The fraction of sp³-hybridized carbons (Fsp3) is 0.550. The van der Waals surface area contributed by atoms with Gasteiger partial charge in [0.05, 0.1) is 0 Å². The van der Waals surface area contributed by atoms with Crippen LogP contribution in [0.25, 0.3) is 0 Å². The van der Waals surface area contributed by atoms with Gasteiger partial charge in [0, 0.05) is 11.1 Å². The molecule has 0 aliphatic rings. The summed E-state index contributed by atoms with van der Waals surface area (Å²) in [5, 5.41) is 9.51. The number of nitrogens with zero attached hydrogens (tertiary/aromatic N) is 1. The van der Waals surface area contributed by atoms with Crippen LogP contribution in [0.3, 0.4) is 0 Å².